The first-order valence-electron chi connectivity index (χ1n) is 10.4. The lowest BCUT2D eigenvalue weighted by atomic mass is 9.57. The number of fused-ring (bicyclic) bond motifs is 1. The second-order valence-electron chi connectivity index (χ2n) is 9.84. The fourth-order valence-corrected chi connectivity index (χ4v) is 7.38. The molecule has 28 heavy (non-hydrogen) atoms. The van der Waals surface area contributed by atoms with Crippen LogP contribution in [0.5, 0.6) is 11.5 Å². The van der Waals surface area contributed by atoms with E-state index in [0.717, 1.165) is 36.4 Å². The van der Waals surface area contributed by atoms with Crippen LogP contribution >= 0.6 is 0 Å². The lowest BCUT2D eigenvalue weighted by Gasteiger charge is -2.50. The van der Waals surface area contributed by atoms with Gasteiger partial charge >= 0.3 is 5.97 Å². The third-order valence-corrected chi connectivity index (χ3v) is 8.42. The average molecular weight is 381 g/mol. The fourth-order valence-electron chi connectivity index (χ4n) is 7.38. The van der Waals surface area contributed by atoms with Crippen LogP contribution in [-0.4, -0.2) is 51.6 Å². The van der Waals surface area contributed by atoms with Gasteiger partial charge in [-0.25, -0.2) is 0 Å². The van der Waals surface area contributed by atoms with E-state index in [1.165, 1.54) is 19.8 Å². The number of benzene rings is 1. The summed E-state index contributed by atoms with van der Waals surface area (Å²) >= 11 is 0. The van der Waals surface area contributed by atoms with E-state index in [1.54, 1.807) is 6.07 Å². The molecule has 4 aliphatic carbocycles. The molecule has 2 heterocycles. The molecular weight excluding hydrogens is 358 g/mol. The molecule has 0 amide bonds. The summed E-state index contributed by atoms with van der Waals surface area (Å²) in [6, 6.07) is 3.91. The van der Waals surface area contributed by atoms with Crippen molar-refractivity contribution >= 4 is 11.8 Å². The van der Waals surface area contributed by atoms with Crippen molar-refractivity contribution in [2.45, 2.75) is 74.1 Å². The molecular formula is C22H23NO5. The maximum absolute atomic E-state index is 12.9. The van der Waals surface area contributed by atoms with Gasteiger partial charge in [0, 0.05) is 31.0 Å². The molecule has 146 valence electrons. The van der Waals surface area contributed by atoms with E-state index >= 15 is 0 Å². The van der Waals surface area contributed by atoms with E-state index in [4.69, 9.17) is 9.47 Å². The second-order valence-corrected chi connectivity index (χ2v) is 9.84. The van der Waals surface area contributed by atoms with E-state index < -0.39 is 23.1 Å². The van der Waals surface area contributed by atoms with Crippen LogP contribution in [0, 0.1) is 5.92 Å². The van der Waals surface area contributed by atoms with Crippen LogP contribution in [0.3, 0.4) is 0 Å². The van der Waals surface area contributed by atoms with Gasteiger partial charge in [-0.2, -0.15) is 0 Å². The van der Waals surface area contributed by atoms with Gasteiger partial charge in [0.15, 0.2) is 23.4 Å². The quantitative estimate of drug-likeness (QED) is 0.486. The van der Waals surface area contributed by atoms with Crippen molar-refractivity contribution in [1.82, 2.24) is 4.90 Å². The summed E-state index contributed by atoms with van der Waals surface area (Å²) < 4.78 is 11.6. The van der Waals surface area contributed by atoms with Crippen LogP contribution < -0.4 is 9.47 Å². The van der Waals surface area contributed by atoms with Crippen LogP contribution in [0.2, 0.25) is 0 Å². The molecule has 3 unspecified atom stereocenters. The number of carbonyl (C=O) groups excluding carboxylic acids is 2. The number of esters is 1. The number of rotatable bonds is 3. The number of likely N-dealkylation sites (tertiary alicyclic amines) is 1. The van der Waals surface area contributed by atoms with Crippen molar-refractivity contribution in [3.63, 3.8) is 0 Å². The highest BCUT2D eigenvalue weighted by atomic mass is 16.6. The third kappa shape index (κ3) is 1.51. The zero-order chi connectivity index (χ0) is 19.1. The number of nitrogens with zero attached hydrogens (tertiary/aromatic N) is 1. The van der Waals surface area contributed by atoms with Crippen LogP contribution in [0.4, 0.5) is 0 Å². The molecule has 6 atom stereocenters. The summed E-state index contributed by atoms with van der Waals surface area (Å²) in [6.07, 6.45) is 4.41. The molecule has 4 fully saturated rings. The van der Waals surface area contributed by atoms with Gasteiger partial charge in [0.05, 0.1) is 17.1 Å². The van der Waals surface area contributed by atoms with Crippen molar-refractivity contribution in [3.8, 4) is 11.5 Å². The molecule has 2 spiro atoms. The zero-order valence-electron chi connectivity index (χ0n) is 15.9. The fraction of sp³-hybridized carbons (Fsp3) is 0.636. The summed E-state index contributed by atoms with van der Waals surface area (Å²) in [5, 5.41) is 12.1. The molecule has 2 aliphatic heterocycles. The third-order valence-electron chi connectivity index (χ3n) is 8.42. The normalized spacial score (nSPS) is 45.9. The van der Waals surface area contributed by atoms with Crippen molar-refractivity contribution in [1.29, 1.82) is 0 Å². The molecule has 1 N–H and O–H groups in total. The Bertz CT molecular complexity index is 985. The lowest BCUT2D eigenvalue weighted by Crippen LogP contribution is -2.65. The van der Waals surface area contributed by atoms with E-state index in [0.29, 0.717) is 24.3 Å². The van der Waals surface area contributed by atoms with Crippen LogP contribution in [0.15, 0.2) is 12.1 Å². The molecule has 6 nitrogen and oxygen atoms in total. The minimum absolute atomic E-state index is 0.0405. The van der Waals surface area contributed by atoms with E-state index in [1.807, 2.05) is 6.07 Å². The van der Waals surface area contributed by atoms with Gasteiger partial charge in [0.2, 0.25) is 0 Å². The van der Waals surface area contributed by atoms with Crippen molar-refractivity contribution in [3.05, 3.63) is 23.3 Å². The predicted octanol–water partition coefficient (Wildman–Crippen LogP) is 1.50. The predicted molar refractivity (Wildman–Crippen MR) is 97.3 cm³/mol. The van der Waals surface area contributed by atoms with Crippen LogP contribution in [0.25, 0.3) is 0 Å². The zero-order valence-corrected chi connectivity index (χ0v) is 15.9. The topological polar surface area (TPSA) is 75.8 Å². The summed E-state index contributed by atoms with van der Waals surface area (Å²) in [7, 11) is 0. The van der Waals surface area contributed by atoms with Gasteiger partial charge in [-0.05, 0) is 49.7 Å². The molecule has 6 heteroatoms. The van der Waals surface area contributed by atoms with Crippen molar-refractivity contribution in [2.75, 3.05) is 6.54 Å². The van der Waals surface area contributed by atoms with Gasteiger partial charge in [0.1, 0.15) is 0 Å². The molecule has 7 rings (SSSR count). The molecule has 1 aromatic carbocycles. The summed E-state index contributed by atoms with van der Waals surface area (Å²) in [5.74, 6) is 1.30. The Hall–Kier alpha value is -1.92. The van der Waals surface area contributed by atoms with Gasteiger partial charge in [-0.15, -0.1) is 0 Å². The number of aliphatic hydroxyl groups is 1. The second kappa shape index (κ2) is 4.46. The Morgan fingerprint density at radius 2 is 2.21 bits per heavy atom. The Labute approximate surface area is 162 Å². The van der Waals surface area contributed by atoms with Crippen LogP contribution in [-0.2, 0) is 21.4 Å². The minimum Gasteiger partial charge on any atom is -0.477 e. The lowest BCUT2D eigenvalue weighted by molar-refractivity contribution is -0.149. The maximum atomic E-state index is 12.9. The molecule has 0 radical (unpaired) electrons. The monoisotopic (exact) mass is 381 g/mol. The van der Waals surface area contributed by atoms with Gasteiger partial charge in [-0.1, -0.05) is 6.07 Å². The molecule has 1 aromatic rings. The Balaban J connectivity index is 1.44. The highest BCUT2D eigenvalue weighted by Crippen LogP contribution is 2.76. The molecule has 1 saturated heterocycles. The van der Waals surface area contributed by atoms with Gasteiger partial charge in [0.25, 0.3) is 0 Å². The largest absolute Gasteiger partial charge is 0.477 e. The number of hydrogen-bond donors (Lipinski definition) is 1. The Morgan fingerprint density at radius 3 is 2.96 bits per heavy atom. The standard InChI is InChI=1S/C22H23NO5/c1-11(24)27-15-5-4-13-8-20-10-21-16(13)17(15)28-18(21)14(25)6-7-22(21,26)19(20)23(20)9-12-2-3-12/h4-5,12,18-19,26H,2-3,6-10H2,1H3/t18-,19?,20?,21-,22+,23?/m1/s1. The number of carbonyl (C=O) groups is 2. The minimum atomic E-state index is -0.953. The smallest absolute Gasteiger partial charge is 0.308 e. The Kier molecular flexibility index (Phi) is 2.54. The highest BCUT2D eigenvalue weighted by Gasteiger charge is 2.88. The number of piperidine rings is 1. The number of Topliss-reactive ketones (excluding diaryl/α,β-unsaturated/α-hetero) is 1. The first-order chi connectivity index (χ1) is 13.4. The highest BCUT2D eigenvalue weighted by molar-refractivity contribution is 5.91. The molecule has 6 aliphatic rings. The number of hydrogen-bond acceptors (Lipinski definition) is 6. The van der Waals surface area contributed by atoms with Crippen LogP contribution in [0.1, 0.15) is 50.2 Å². The summed E-state index contributed by atoms with van der Waals surface area (Å²) in [4.78, 5) is 27.0. The summed E-state index contributed by atoms with van der Waals surface area (Å²) in [5.41, 5.74) is 0.406. The molecule has 0 aromatic heterocycles. The van der Waals surface area contributed by atoms with E-state index in [2.05, 4.69) is 4.90 Å². The molecule has 2 bridgehead atoms. The number of ether oxygens (including phenoxy) is 2. The Morgan fingerprint density at radius 1 is 1.39 bits per heavy atom. The molecule has 3 saturated carbocycles. The SMILES string of the molecule is CC(=O)Oc1ccc2c3c1O[C@@H]1C(=O)CC[C@]4(O)C5N(CC6CC6)C5(C2)C[C@@]314. The van der Waals surface area contributed by atoms with Gasteiger partial charge in [-0.3, -0.25) is 14.5 Å². The number of ketones is 1. The van der Waals surface area contributed by atoms with Gasteiger partial charge < -0.3 is 14.6 Å². The van der Waals surface area contributed by atoms with Crippen molar-refractivity contribution < 1.29 is 24.2 Å². The maximum Gasteiger partial charge on any atom is 0.308 e. The first kappa shape index (κ1) is 15.9. The van der Waals surface area contributed by atoms with Crippen molar-refractivity contribution in [2.24, 2.45) is 5.92 Å². The van der Waals surface area contributed by atoms with E-state index in [-0.39, 0.29) is 17.4 Å². The first-order valence-corrected chi connectivity index (χ1v) is 10.4. The van der Waals surface area contributed by atoms with E-state index in [9.17, 15) is 14.7 Å². The average Bonchev–Trinajstić information content (AvgIpc) is 3.51. The summed E-state index contributed by atoms with van der Waals surface area (Å²) in [6.45, 7) is 2.43.